The van der Waals surface area contributed by atoms with E-state index in [1.165, 1.54) is 0 Å². The molecule has 4 heterocycles. The van der Waals surface area contributed by atoms with Gasteiger partial charge in [0.1, 0.15) is 0 Å². The lowest BCUT2D eigenvalue weighted by Gasteiger charge is -2.33. The van der Waals surface area contributed by atoms with Crippen molar-refractivity contribution in [2.75, 3.05) is 22.9 Å². The van der Waals surface area contributed by atoms with E-state index in [1.54, 1.807) is 24.4 Å². The maximum atomic E-state index is 11.7. The number of nitrogens with one attached hydrogen (secondary N) is 1. The second-order valence-electron chi connectivity index (χ2n) is 11.3. The van der Waals surface area contributed by atoms with Gasteiger partial charge in [0, 0.05) is 42.0 Å². The number of nitrogens with zero attached hydrogens (tertiary/aromatic N) is 4. The third-order valence-electron chi connectivity index (χ3n) is 8.57. The average molecular weight is 600 g/mol. The van der Waals surface area contributed by atoms with E-state index in [0.29, 0.717) is 10.1 Å². The van der Waals surface area contributed by atoms with Crippen LogP contribution in [0.2, 0.25) is 5.02 Å². The highest BCUT2D eigenvalue weighted by atomic mass is 35.5. The van der Waals surface area contributed by atoms with E-state index in [4.69, 9.17) is 28.8 Å². The first-order chi connectivity index (χ1) is 20.2. The normalized spacial score (nSPS) is 19.3. The molecule has 6 rings (SSSR count). The molecule has 7 nitrogen and oxygen atoms in total. The largest absolute Gasteiger partial charge is 0.478 e. The molecule has 2 aromatic carbocycles. The second kappa shape index (κ2) is 11.4. The van der Waals surface area contributed by atoms with Gasteiger partial charge >= 0.3 is 5.97 Å². The molecule has 2 aliphatic rings. The number of carboxylic acids is 1. The number of aromatic carboxylic acids is 1. The van der Waals surface area contributed by atoms with Crippen molar-refractivity contribution in [3.05, 3.63) is 106 Å². The van der Waals surface area contributed by atoms with Gasteiger partial charge in [0.25, 0.3) is 0 Å². The number of anilines is 2. The fourth-order valence-electron chi connectivity index (χ4n) is 6.36. The summed E-state index contributed by atoms with van der Waals surface area (Å²) in [6.07, 6.45) is 4.12. The number of benzene rings is 2. The van der Waals surface area contributed by atoms with Crippen LogP contribution in [0, 0.1) is 19.8 Å². The number of piperidine rings is 1. The summed E-state index contributed by atoms with van der Waals surface area (Å²) in [7, 11) is 0. The van der Waals surface area contributed by atoms with Gasteiger partial charge in [-0.1, -0.05) is 30.7 Å². The van der Waals surface area contributed by atoms with E-state index in [2.05, 4.69) is 51.7 Å². The van der Waals surface area contributed by atoms with E-state index in [-0.39, 0.29) is 17.6 Å². The lowest BCUT2D eigenvalue weighted by molar-refractivity contribution is 0.0697. The summed E-state index contributed by atoms with van der Waals surface area (Å²) >= 11 is 12.9. The van der Waals surface area contributed by atoms with Gasteiger partial charge in [0.2, 0.25) is 0 Å². The van der Waals surface area contributed by atoms with Crippen molar-refractivity contribution in [2.45, 2.75) is 45.7 Å². The molecule has 2 fully saturated rings. The topological polar surface area (TPSA) is 73.6 Å². The Morgan fingerprint density at radius 3 is 2.50 bits per heavy atom. The molecule has 2 aliphatic heterocycles. The predicted molar refractivity (Wildman–Crippen MR) is 172 cm³/mol. The number of halogens is 1. The molecule has 4 aromatic rings. The number of carboxylic acid groups (broad SMARTS) is 1. The van der Waals surface area contributed by atoms with Crippen LogP contribution < -0.4 is 15.1 Å². The van der Waals surface area contributed by atoms with Gasteiger partial charge in [0.05, 0.1) is 34.1 Å². The number of thiocarbonyl (C=S) groups is 1. The lowest BCUT2D eigenvalue weighted by atomic mass is 9.96. The minimum absolute atomic E-state index is 0.208. The average Bonchev–Trinajstić information content (AvgIpc) is 3.48. The summed E-state index contributed by atoms with van der Waals surface area (Å²) in [5.41, 5.74) is 6.96. The molecule has 0 amide bonds. The minimum atomic E-state index is -0.953. The zero-order valence-electron chi connectivity index (χ0n) is 23.9. The van der Waals surface area contributed by atoms with Gasteiger partial charge in [-0.2, -0.15) is 0 Å². The van der Waals surface area contributed by atoms with Crippen LogP contribution in [0.3, 0.4) is 0 Å². The maximum Gasteiger partial charge on any atom is 0.335 e. The van der Waals surface area contributed by atoms with Gasteiger partial charge in [0.15, 0.2) is 5.11 Å². The molecular formula is C33H34ClN5O2S. The Balaban J connectivity index is 1.44. The first kappa shape index (κ1) is 28.2. The van der Waals surface area contributed by atoms with Crippen molar-refractivity contribution in [1.82, 2.24) is 14.9 Å². The summed E-state index contributed by atoms with van der Waals surface area (Å²) in [5.74, 6) is -0.215. The van der Waals surface area contributed by atoms with Gasteiger partial charge < -0.3 is 24.8 Å². The molecule has 2 N–H and O–H groups in total. The molecule has 0 saturated carbocycles. The fourth-order valence-corrected chi connectivity index (χ4v) is 7.00. The number of pyridine rings is 1. The highest BCUT2D eigenvalue weighted by Crippen LogP contribution is 2.45. The first-order valence-electron chi connectivity index (χ1n) is 14.3. The number of hydrogen-bond donors (Lipinski definition) is 2. The van der Waals surface area contributed by atoms with Crippen molar-refractivity contribution < 1.29 is 9.90 Å². The highest BCUT2D eigenvalue weighted by Gasteiger charge is 2.42. The van der Waals surface area contributed by atoms with E-state index in [1.807, 2.05) is 37.3 Å². The van der Waals surface area contributed by atoms with E-state index >= 15 is 0 Å². The SMILES string of the molecule is Cc1cc([C@@H]2[C@@H](c3ccccn3)NC(=S)N2c2ccc(N3CCC(C)CC3)c(Cl)c2)c(C)n1-c1cccc(C(=O)O)c1. The molecule has 2 atom stereocenters. The van der Waals surface area contributed by atoms with Crippen molar-refractivity contribution in [1.29, 1.82) is 0 Å². The standard InChI is InChI=1S/C33H34ClN5O2S/c1-20-12-15-37(16-13-20)29-11-10-25(19-27(29)34)39-31(30(36-33(39)42)28-9-4-5-14-35-28)26-17-21(2)38(22(26)3)24-8-6-7-23(18-24)32(40)41/h4-11,14,17-20,30-31H,12-13,15-16H2,1-3H3,(H,36,42)(H,40,41)/t30-,31-/m1/s1. The zero-order chi connectivity index (χ0) is 29.5. The third kappa shape index (κ3) is 5.14. The number of aryl methyl sites for hydroxylation is 1. The highest BCUT2D eigenvalue weighted by molar-refractivity contribution is 7.80. The van der Waals surface area contributed by atoms with Gasteiger partial charge in [-0.15, -0.1) is 0 Å². The monoisotopic (exact) mass is 599 g/mol. The van der Waals surface area contributed by atoms with Crippen LogP contribution >= 0.6 is 23.8 Å². The van der Waals surface area contributed by atoms with E-state index in [0.717, 1.165) is 71.6 Å². The van der Waals surface area contributed by atoms with Crippen LogP contribution in [-0.4, -0.2) is 38.8 Å². The summed E-state index contributed by atoms with van der Waals surface area (Å²) < 4.78 is 2.10. The number of aromatic nitrogens is 2. The predicted octanol–water partition coefficient (Wildman–Crippen LogP) is 7.25. The van der Waals surface area contributed by atoms with Crippen molar-refractivity contribution in [3.8, 4) is 5.69 Å². The van der Waals surface area contributed by atoms with E-state index in [9.17, 15) is 9.90 Å². The zero-order valence-corrected chi connectivity index (χ0v) is 25.5. The molecule has 42 heavy (non-hydrogen) atoms. The third-order valence-corrected chi connectivity index (χ3v) is 9.19. The molecule has 0 bridgehead atoms. The van der Waals surface area contributed by atoms with Gasteiger partial charge in [-0.3, -0.25) is 4.98 Å². The maximum absolute atomic E-state index is 11.7. The Hall–Kier alpha value is -3.88. The molecule has 2 saturated heterocycles. The van der Waals surface area contributed by atoms with Crippen LogP contribution in [0.25, 0.3) is 5.69 Å². The molecule has 9 heteroatoms. The van der Waals surface area contributed by atoms with Gasteiger partial charge in [-0.25, -0.2) is 4.79 Å². The number of hydrogen-bond acceptors (Lipinski definition) is 4. The van der Waals surface area contributed by atoms with Gasteiger partial charge in [-0.05, 0) is 105 Å². The fraction of sp³-hybridized carbons (Fsp3) is 0.303. The van der Waals surface area contributed by atoms with Crippen LogP contribution in [0.5, 0.6) is 0 Å². The molecule has 2 aromatic heterocycles. The Morgan fingerprint density at radius 1 is 1.02 bits per heavy atom. The Bertz CT molecular complexity index is 1650. The van der Waals surface area contributed by atoms with Crippen LogP contribution in [0.15, 0.2) is 72.9 Å². The van der Waals surface area contributed by atoms with Crippen molar-refractivity contribution in [3.63, 3.8) is 0 Å². The van der Waals surface area contributed by atoms with Crippen LogP contribution in [0.1, 0.15) is 64.9 Å². The molecule has 0 radical (unpaired) electrons. The molecular weight excluding hydrogens is 566 g/mol. The first-order valence-corrected chi connectivity index (χ1v) is 15.1. The van der Waals surface area contributed by atoms with E-state index < -0.39 is 5.97 Å². The Morgan fingerprint density at radius 2 is 1.81 bits per heavy atom. The number of carbonyl (C=O) groups is 1. The van der Waals surface area contributed by atoms with Crippen molar-refractivity contribution in [2.24, 2.45) is 5.92 Å². The quantitative estimate of drug-likeness (QED) is 0.226. The lowest BCUT2D eigenvalue weighted by Crippen LogP contribution is -2.33. The van der Waals surface area contributed by atoms with Crippen LogP contribution in [-0.2, 0) is 0 Å². The smallest absolute Gasteiger partial charge is 0.335 e. The second-order valence-corrected chi connectivity index (χ2v) is 12.1. The summed E-state index contributed by atoms with van der Waals surface area (Å²) in [5, 5.41) is 14.5. The molecule has 216 valence electrons. The summed E-state index contributed by atoms with van der Waals surface area (Å²) in [4.78, 5) is 20.9. The molecule has 0 spiro atoms. The number of rotatable bonds is 6. The Labute approximate surface area is 256 Å². The van der Waals surface area contributed by atoms with Crippen LogP contribution in [0.4, 0.5) is 11.4 Å². The summed E-state index contributed by atoms with van der Waals surface area (Å²) in [6, 6.07) is 20.9. The molecule has 0 aliphatic carbocycles. The Kier molecular flexibility index (Phi) is 7.68. The summed E-state index contributed by atoms with van der Waals surface area (Å²) in [6.45, 7) is 8.42. The minimum Gasteiger partial charge on any atom is -0.478 e. The molecule has 0 unspecified atom stereocenters. The van der Waals surface area contributed by atoms with Crippen molar-refractivity contribution >= 4 is 46.3 Å².